The van der Waals surface area contributed by atoms with Crippen LogP contribution in [0.2, 0.25) is 0 Å². The van der Waals surface area contributed by atoms with Gasteiger partial charge >= 0.3 is 0 Å². The number of benzene rings is 2. The first-order valence-corrected chi connectivity index (χ1v) is 9.83. The fraction of sp³-hybridized carbons (Fsp3) is 0.304. The van der Waals surface area contributed by atoms with Crippen LogP contribution in [0.1, 0.15) is 0 Å². The molecule has 0 saturated carbocycles. The van der Waals surface area contributed by atoms with E-state index in [0.717, 1.165) is 5.69 Å². The van der Waals surface area contributed by atoms with Crippen molar-refractivity contribution in [1.82, 2.24) is 0 Å². The van der Waals surface area contributed by atoms with Crippen LogP contribution in [0.25, 0.3) is 0 Å². The normalized spacial score (nSPS) is 28.5. The minimum atomic E-state index is -0.753. The van der Waals surface area contributed by atoms with Crippen LogP contribution < -0.4 is 19.7 Å². The van der Waals surface area contributed by atoms with Crippen molar-refractivity contribution in [3.05, 3.63) is 60.7 Å². The maximum Gasteiger partial charge on any atom is 0.234 e. The maximum absolute atomic E-state index is 13.3. The largest absolute Gasteiger partial charge is 0.493 e. The Morgan fingerprint density at radius 2 is 1.90 bits per heavy atom. The molecule has 0 aliphatic carbocycles. The van der Waals surface area contributed by atoms with Crippen molar-refractivity contribution in [2.24, 2.45) is 11.8 Å². The molecule has 2 fully saturated rings. The summed E-state index contributed by atoms with van der Waals surface area (Å²) in [4.78, 5) is 28.3. The number of nitrogens with zero attached hydrogens (tertiary/aromatic N) is 1. The van der Waals surface area contributed by atoms with Gasteiger partial charge in [-0.2, -0.15) is 0 Å². The van der Waals surface area contributed by atoms with Crippen LogP contribution in [0.15, 0.2) is 60.7 Å². The third-order valence-corrected chi connectivity index (χ3v) is 6.12. The smallest absolute Gasteiger partial charge is 0.234 e. The van der Waals surface area contributed by atoms with Gasteiger partial charge in [-0.15, -0.1) is 0 Å². The number of amides is 2. The summed E-state index contributed by atoms with van der Waals surface area (Å²) < 4.78 is 16.7. The Kier molecular flexibility index (Phi) is 4.29. The number of methoxy groups -OCH3 is 2. The van der Waals surface area contributed by atoms with Gasteiger partial charge in [-0.25, -0.2) is 0 Å². The van der Waals surface area contributed by atoms with E-state index in [1.807, 2.05) is 42.5 Å². The molecule has 1 spiro atoms. The van der Waals surface area contributed by atoms with E-state index in [1.54, 1.807) is 30.2 Å². The molecule has 154 valence electrons. The molecule has 2 amide bonds. The van der Waals surface area contributed by atoms with Crippen LogP contribution in [0, 0.1) is 11.8 Å². The second-order valence-corrected chi connectivity index (χ2v) is 7.72. The second kappa shape index (κ2) is 6.88. The Bertz CT molecular complexity index is 1040. The Balaban J connectivity index is 1.41. The molecular weight excluding hydrogens is 384 g/mol. The molecule has 3 aliphatic heterocycles. The van der Waals surface area contributed by atoms with Crippen LogP contribution in [0.5, 0.6) is 11.5 Å². The number of carbonyl (C=O) groups excluding carboxylic acids is 2. The predicted octanol–water partition coefficient (Wildman–Crippen LogP) is 2.63. The average molecular weight is 406 g/mol. The molecule has 1 N–H and O–H groups in total. The Morgan fingerprint density at radius 3 is 2.63 bits per heavy atom. The maximum atomic E-state index is 13.3. The van der Waals surface area contributed by atoms with Crippen molar-refractivity contribution in [2.45, 2.75) is 11.7 Å². The van der Waals surface area contributed by atoms with Gasteiger partial charge in [-0.1, -0.05) is 30.4 Å². The zero-order valence-corrected chi connectivity index (χ0v) is 16.7. The fourth-order valence-electron chi connectivity index (χ4n) is 4.76. The molecule has 2 saturated heterocycles. The average Bonchev–Trinajstić information content (AvgIpc) is 3.42. The number of carbonyl (C=O) groups is 2. The molecule has 0 unspecified atom stereocenters. The number of hydrogen-bond donors (Lipinski definition) is 1. The quantitative estimate of drug-likeness (QED) is 0.773. The first-order chi connectivity index (χ1) is 14.6. The van der Waals surface area contributed by atoms with Crippen molar-refractivity contribution in [3.63, 3.8) is 0 Å². The van der Waals surface area contributed by atoms with Gasteiger partial charge in [0.05, 0.1) is 38.7 Å². The highest BCUT2D eigenvalue weighted by Gasteiger charge is 2.67. The number of fused-ring (bicyclic) bond motifs is 1. The summed E-state index contributed by atoms with van der Waals surface area (Å²) >= 11 is 0. The van der Waals surface area contributed by atoms with E-state index in [-0.39, 0.29) is 11.8 Å². The summed E-state index contributed by atoms with van der Waals surface area (Å²) in [6.07, 6.45) is 3.44. The minimum absolute atomic E-state index is 0.0829. The fourth-order valence-corrected chi connectivity index (χ4v) is 4.76. The zero-order chi connectivity index (χ0) is 20.9. The third-order valence-electron chi connectivity index (χ3n) is 6.12. The summed E-state index contributed by atoms with van der Waals surface area (Å²) in [5, 5.41) is 2.92. The van der Waals surface area contributed by atoms with Crippen LogP contribution in [0.3, 0.4) is 0 Å². The summed E-state index contributed by atoms with van der Waals surface area (Å²) in [6.45, 7) is 0.410. The second-order valence-electron chi connectivity index (χ2n) is 7.72. The van der Waals surface area contributed by atoms with Crippen molar-refractivity contribution < 1.29 is 23.8 Å². The van der Waals surface area contributed by atoms with Crippen molar-refractivity contribution >= 4 is 23.2 Å². The lowest BCUT2D eigenvalue weighted by Gasteiger charge is -2.23. The van der Waals surface area contributed by atoms with Gasteiger partial charge in [0.1, 0.15) is 5.60 Å². The summed E-state index contributed by atoms with van der Waals surface area (Å²) in [5.41, 5.74) is 0.631. The number of nitrogens with one attached hydrogen (secondary N) is 1. The predicted molar refractivity (Wildman–Crippen MR) is 111 cm³/mol. The molecule has 7 nitrogen and oxygen atoms in total. The van der Waals surface area contributed by atoms with E-state index in [9.17, 15) is 9.59 Å². The van der Waals surface area contributed by atoms with Gasteiger partial charge in [-0.05, 0) is 24.3 Å². The van der Waals surface area contributed by atoms with Crippen molar-refractivity contribution in [1.29, 1.82) is 0 Å². The Labute approximate surface area is 174 Å². The standard InChI is InChI=1S/C23H22N2O5/c1-28-16-9-8-14(12-18(16)29-2)24-21(26)19-17-10-11-23(30-17)13-25(22(27)20(19)23)15-6-4-3-5-7-15/h3-12,17,19-20H,13H2,1-2H3,(H,24,26)/t17-,19-,20+,23-/m1/s1. The first kappa shape index (κ1) is 18.7. The molecule has 0 radical (unpaired) electrons. The summed E-state index contributed by atoms with van der Waals surface area (Å²) in [5.74, 6) is -0.377. The number of anilines is 2. The van der Waals surface area contributed by atoms with E-state index >= 15 is 0 Å². The molecule has 2 aromatic rings. The molecule has 3 heterocycles. The van der Waals surface area contributed by atoms with Gasteiger partial charge < -0.3 is 24.4 Å². The molecule has 7 heteroatoms. The molecule has 0 aromatic heterocycles. The van der Waals surface area contributed by atoms with E-state index in [2.05, 4.69) is 5.32 Å². The van der Waals surface area contributed by atoms with E-state index < -0.39 is 23.5 Å². The number of rotatable bonds is 5. The van der Waals surface area contributed by atoms with Crippen LogP contribution in [-0.4, -0.2) is 44.3 Å². The first-order valence-electron chi connectivity index (χ1n) is 9.83. The molecule has 3 aliphatic rings. The van der Waals surface area contributed by atoms with E-state index in [1.165, 1.54) is 7.11 Å². The van der Waals surface area contributed by atoms with Crippen LogP contribution in [0.4, 0.5) is 11.4 Å². The lowest BCUT2D eigenvalue weighted by Crippen LogP contribution is -2.41. The lowest BCUT2D eigenvalue weighted by atomic mass is 9.77. The van der Waals surface area contributed by atoms with Gasteiger partial charge in [0, 0.05) is 17.4 Å². The van der Waals surface area contributed by atoms with Gasteiger partial charge in [0.25, 0.3) is 0 Å². The molecule has 2 bridgehead atoms. The van der Waals surface area contributed by atoms with Crippen LogP contribution in [-0.2, 0) is 14.3 Å². The molecule has 2 aromatic carbocycles. The van der Waals surface area contributed by atoms with Crippen LogP contribution >= 0.6 is 0 Å². The van der Waals surface area contributed by atoms with Gasteiger partial charge in [-0.3, -0.25) is 9.59 Å². The molecule has 30 heavy (non-hydrogen) atoms. The number of hydrogen-bond acceptors (Lipinski definition) is 5. The van der Waals surface area contributed by atoms with E-state index in [0.29, 0.717) is 23.7 Å². The van der Waals surface area contributed by atoms with Gasteiger partial charge in [0.2, 0.25) is 11.8 Å². The Morgan fingerprint density at radius 1 is 1.13 bits per heavy atom. The highest BCUT2D eigenvalue weighted by Crippen LogP contribution is 2.52. The highest BCUT2D eigenvalue weighted by atomic mass is 16.5. The number of ether oxygens (including phenoxy) is 3. The topological polar surface area (TPSA) is 77.1 Å². The summed E-state index contributed by atoms with van der Waals surface area (Å²) in [6, 6.07) is 14.6. The lowest BCUT2D eigenvalue weighted by molar-refractivity contribution is -0.128. The minimum Gasteiger partial charge on any atom is -0.493 e. The highest BCUT2D eigenvalue weighted by molar-refractivity contribution is 6.05. The van der Waals surface area contributed by atoms with Crippen molar-refractivity contribution in [2.75, 3.05) is 31.0 Å². The Hall–Kier alpha value is -3.32. The molecular formula is C23H22N2O5. The summed E-state index contributed by atoms with van der Waals surface area (Å²) in [7, 11) is 3.09. The number of para-hydroxylation sites is 1. The zero-order valence-electron chi connectivity index (χ0n) is 16.7. The monoisotopic (exact) mass is 406 g/mol. The van der Waals surface area contributed by atoms with E-state index in [4.69, 9.17) is 14.2 Å². The molecule has 5 rings (SSSR count). The van der Waals surface area contributed by atoms with Gasteiger partial charge in [0.15, 0.2) is 11.5 Å². The molecule has 4 atom stereocenters. The van der Waals surface area contributed by atoms with Crippen molar-refractivity contribution in [3.8, 4) is 11.5 Å². The SMILES string of the molecule is COc1ccc(NC(=O)[C@H]2[C@H]3C(=O)N(c4ccccc4)C[C@]34C=C[C@H]2O4)cc1OC. The third kappa shape index (κ3) is 2.69.